The molecule has 0 spiro atoms. The van der Waals surface area contributed by atoms with Gasteiger partial charge in [0.25, 0.3) is 0 Å². The molecule has 2 heterocycles. The fourth-order valence-corrected chi connectivity index (χ4v) is 3.19. The summed E-state index contributed by atoms with van der Waals surface area (Å²) in [5, 5.41) is 3.32. The van der Waals surface area contributed by atoms with Gasteiger partial charge in [0, 0.05) is 29.4 Å². The van der Waals surface area contributed by atoms with Crippen molar-refractivity contribution in [1.82, 2.24) is 9.97 Å². The monoisotopic (exact) mass is 360 g/mol. The van der Waals surface area contributed by atoms with Gasteiger partial charge >= 0.3 is 0 Å². The molecule has 0 saturated carbocycles. The lowest BCUT2D eigenvalue weighted by atomic mass is 9.99. The number of aryl methyl sites for hydroxylation is 1. The van der Waals surface area contributed by atoms with Gasteiger partial charge < -0.3 is 10.2 Å². The van der Waals surface area contributed by atoms with E-state index in [9.17, 15) is 0 Å². The average molecular weight is 361 g/mol. The number of piperidine rings is 1. The fourth-order valence-electron chi connectivity index (χ4n) is 2.71. The Morgan fingerprint density at radius 2 is 2.00 bits per heavy atom. The molecule has 1 aliphatic rings. The third kappa shape index (κ3) is 3.58. The fraction of sp³-hybridized carbons (Fsp3) is 0.412. The van der Waals surface area contributed by atoms with Crippen molar-refractivity contribution < 1.29 is 0 Å². The van der Waals surface area contributed by atoms with Gasteiger partial charge in [0.2, 0.25) is 5.95 Å². The summed E-state index contributed by atoms with van der Waals surface area (Å²) in [6, 6.07) is 8.14. The Morgan fingerprint density at radius 3 is 2.73 bits per heavy atom. The number of hydrogen-bond acceptors (Lipinski definition) is 4. The highest BCUT2D eigenvalue weighted by atomic mass is 79.9. The first kappa shape index (κ1) is 15.3. The number of anilines is 3. The summed E-state index contributed by atoms with van der Waals surface area (Å²) >= 11 is 3.48. The maximum Gasteiger partial charge on any atom is 0.229 e. The minimum Gasteiger partial charge on any atom is -0.356 e. The van der Waals surface area contributed by atoms with E-state index in [1.807, 2.05) is 24.4 Å². The molecule has 3 rings (SSSR count). The first-order valence-corrected chi connectivity index (χ1v) is 8.52. The molecule has 1 aromatic carbocycles. The van der Waals surface area contributed by atoms with E-state index in [2.05, 4.69) is 56.0 Å². The topological polar surface area (TPSA) is 41.1 Å². The van der Waals surface area contributed by atoms with Crippen LogP contribution < -0.4 is 10.2 Å². The van der Waals surface area contributed by atoms with Crippen LogP contribution in [-0.2, 0) is 0 Å². The predicted octanol–water partition coefficient (Wildman–Crippen LogP) is 4.53. The maximum atomic E-state index is 4.67. The number of nitrogens with zero attached hydrogens (tertiary/aromatic N) is 3. The zero-order valence-electron chi connectivity index (χ0n) is 13.0. The molecule has 1 aromatic heterocycles. The van der Waals surface area contributed by atoms with Crippen molar-refractivity contribution in [2.75, 3.05) is 23.3 Å². The SMILES string of the molecule is Cc1cc(Br)ccc1Nc1nccc(N2CCC(C)CC2)n1. The highest BCUT2D eigenvalue weighted by molar-refractivity contribution is 9.10. The van der Waals surface area contributed by atoms with Crippen molar-refractivity contribution in [3.05, 3.63) is 40.5 Å². The van der Waals surface area contributed by atoms with E-state index < -0.39 is 0 Å². The third-order valence-electron chi connectivity index (χ3n) is 4.18. The summed E-state index contributed by atoms with van der Waals surface area (Å²) in [4.78, 5) is 11.4. The molecule has 0 aliphatic carbocycles. The van der Waals surface area contributed by atoms with E-state index in [0.717, 1.165) is 40.5 Å². The maximum absolute atomic E-state index is 4.67. The first-order valence-electron chi connectivity index (χ1n) is 7.73. The highest BCUT2D eigenvalue weighted by Crippen LogP contribution is 2.25. The number of halogens is 1. The van der Waals surface area contributed by atoms with E-state index in [4.69, 9.17) is 0 Å². The lowest BCUT2D eigenvalue weighted by molar-refractivity contribution is 0.436. The quantitative estimate of drug-likeness (QED) is 0.872. The summed E-state index contributed by atoms with van der Waals surface area (Å²) in [6.07, 6.45) is 4.30. The molecule has 22 heavy (non-hydrogen) atoms. The second-order valence-electron chi connectivity index (χ2n) is 5.99. The minimum absolute atomic E-state index is 0.654. The van der Waals surface area contributed by atoms with Gasteiger partial charge in [0.05, 0.1) is 0 Å². The van der Waals surface area contributed by atoms with Crippen LogP contribution in [0.3, 0.4) is 0 Å². The normalized spacial score (nSPS) is 15.9. The molecule has 1 fully saturated rings. The van der Waals surface area contributed by atoms with E-state index >= 15 is 0 Å². The Bertz CT molecular complexity index is 651. The zero-order valence-corrected chi connectivity index (χ0v) is 14.6. The Labute approximate surface area is 140 Å². The molecular weight excluding hydrogens is 340 g/mol. The van der Waals surface area contributed by atoms with E-state index in [1.165, 1.54) is 12.8 Å². The molecule has 0 unspecified atom stereocenters. The standard InChI is InChI=1S/C17H21BrN4/c1-12-6-9-22(10-7-12)16-5-8-19-17(21-16)20-15-4-3-14(18)11-13(15)2/h3-5,8,11-12H,6-7,9-10H2,1-2H3,(H,19,20,21). The van der Waals surface area contributed by atoms with Crippen LogP contribution in [0.15, 0.2) is 34.9 Å². The molecule has 0 bridgehead atoms. The first-order chi connectivity index (χ1) is 10.6. The molecule has 4 nitrogen and oxygen atoms in total. The lowest BCUT2D eigenvalue weighted by Gasteiger charge is -2.31. The lowest BCUT2D eigenvalue weighted by Crippen LogP contribution is -2.33. The van der Waals surface area contributed by atoms with Crippen molar-refractivity contribution in [2.24, 2.45) is 5.92 Å². The number of nitrogens with one attached hydrogen (secondary N) is 1. The zero-order chi connectivity index (χ0) is 15.5. The van der Waals surface area contributed by atoms with Gasteiger partial charge in [-0.3, -0.25) is 0 Å². The molecule has 0 atom stereocenters. The number of aromatic nitrogens is 2. The van der Waals surface area contributed by atoms with Gasteiger partial charge in [0.1, 0.15) is 5.82 Å². The van der Waals surface area contributed by atoms with Crippen LogP contribution in [0.5, 0.6) is 0 Å². The molecule has 0 amide bonds. The minimum atomic E-state index is 0.654. The molecule has 1 N–H and O–H groups in total. The van der Waals surface area contributed by atoms with Gasteiger partial charge in [-0.25, -0.2) is 4.98 Å². The van der Waals surface area contributed by atoms with Gasteiger partial charge in [-0.15, -0.1) is 0 Å². The Hall–Kier alpha value is -1.62. The van der Waals surface area contributed by atoms with Gasteiger partial charge in [-0.1, -0.05) is 22.9 Å². The molecule has 0 radical (unpaired) electrons. The van der Waals surface area contributed by atoms with Crippen LogP contribution in [0.25, 0.3) is 0 Å². The summed E-state index contributed by atoms with van der Waals surface area (Å²) in [5.74, 6) is 2.49. The summed E-state index contributed by atoms with van der Waals surface area (Å²) in [6.45, 7) is 6.55. The Balaban J connectivity index is 1.76. The molecule has 1 aliphatic heterocycles. The Kier molecular flexibility index (Phi) is 4.62. The van der Waals surface area contributed by atoms with Crippen LogP contribution in [0.4, 0.5) is 17.5 Å². The van der Waals surface area contributed by atoms with Crippen LogP contribution in [0, 0.1) is 12.8 Å². The van der Waals surface area contributed by atoms with Crippen molar-refractivity contribution >= 4 is 33.4 Å². The van der Waals surface area contributed by atoms with E-state index in [1.54, 1.807) is 0 Å². The second kappa shape index (κ2) is 6.65. The number of benzene rings is 1. The van der Waals surface area contributed by atoms with E-state index in [-0.39, 0.29) is 0 Å². The number of hydrogen-bond donors (Lipinski definition) is 1. The molecular formula is C17H21BrN4. The molecule has 2 aromatic rings. The smallest absolute Gasteiger partial charge is 0.229 e. The van der Waals surface area contributed by atoms with Crippen LogP contribution in [0.1, 0.15) is 25.3 Å². The summed E-state index contributed by atoms with van der Waals surface area (Å²) in [5.41, 5.74) is 2.20. The van der Waals surface area contributed by atoms with Crippen molar-refractivity contribution in [1.29, 1.82) is 0 Å². The largest absolute Gasteiger partial charge is 0.356 e. The number of rotatable bonds is 3. The second-order valence-corrected chi connectivity index (χ2v) is 6.91. The van der Waals surface area contributed by atoms with Gasteiger partial charge in [-0.2, -0.15) is 4.98 Å². The average Bonchev–Trinajstić information content (AvgIpc) is 2.51. The Morgan fingerprint density at radius 1 is 1.23 bits per heavy atom. The van der Waals surface area contributed by atoms with Crippen LogP contribution in [0.2, 0.25) is 0 Å². The summed E-state index contributed by atoms with van der Waals surface area (Å²) < 4.78 is 1.08. The van der Waals surface area contributed by atoms with Crippen LogP contribution >= 0.6 is 15.9 Å². The van der Waals surface area contributed by atoms with Gasteiger partial charge in [-0.05, 0) is 55.5 Å². The molecule has 116 valence electrons. The van der Waals surface area contributed by atoms with Crippen molar-refractivity contribution in [2.45, 2.75) is 26.7 Å². The van der Waals surface area contributed by atoms with Crippen molar-refractivity contribution in [3.8, 4) is 0 Å². The molecule has 1 saturated heterocycles. The summed E-state index contributed by atoms with van der Waals surface area (Å²) in [7, 11) is 0. The third-order valence-corrected chi connectivity index (χ3v) is 4.68. The van der Waals surface area contributed by atoms with E-state index in [0.29, 0.717) is 5.95 Å². The van der Waals surface area contributed by atoms with Gasteiger partial charge in [0.15, 0.2) is 0 Å². The molecule has 5 heteroatoms. The van der Waals surface area contributed by atoms with Crippen molar-refractivity contribution in [3.63, 3.8) is 0 Å². The highest BCUT2D eigenvalue weighted by Gasteiger charge is 2.17. The predicted molar refractivity (Wildman–Crippen MR) is 94.8 cm³/mol. The van der Waals surface area contributed by atoms with Crippen LogP contribution in [-0.4, -0.2) is 23.1 Å².